The topological polar surface area (TPSA) is 86.9 Å². The Bertz CT molecular complexity index is 680. The Balaban J connectivity index is 1.88. The largest absolute Gasteiger partial charge is 0.385 e. The Morgan fingerprint density at radius 1 is 1.32 bits per heavy atom. The van der Waals surface area contributed by atoms with Gasteiger partial charge in [-0.25, -0.2) is 4.98 Å². The molecule has 0 spiro atoms. The molecule has 0 radical (unpaired) electrons. The number of hydrogen-bond acceptors (Lipinski definition) is 4. The quantitative estimate of drug-likeness (QED) is 0.795. The van der Waals surface area contributed by atoms with Crippen molar-refractivity contribution in [3.63, 3.8) is 0 Å². The molecule has 7 heteroatoms. The van der Waals surface area contributed by atoms with Crippen molar-refractivity contribution in [2.75, 3.05) is 16.6 Å². The van der Waals surface area contributed by atoms with E-state index in [2.05, 4.69) is 20.0 Å². The molecule has 0 amide bonds. The second-order valence-corrected chi connectivity index (χ2v) is 6.07. The SMILES string of the molecule is O=S(=O)(Nc1ccc2c(c1)NCCC2)c1cnc[nH]1. The average molecular weight is 278 g/mol. The van der Waals surface area contributed by atoms with E-state index in [0.717, 1.165) is 25.1 Å². The van der Waals surface area contributed by atoms with Crippen LogP contribution in [0, 0.1) is 0 Å². The van der Waals surface area contributed by atoms with Gasteiger partial charge in [0.05, 0.1) is 18.2 Å². The number of imidazole rings is 1. The summed E-state index contributed by atoms with van der Waals surface area (Å²) >= 11 is 0. The maximum atomic E-state index is 12.0. The van der Waals surface area contributed by atoms with E-state index in [1.807, 2.05) is 12.1 Å². The zero-order chi connectivity index (χ0) is 13.3. The van der Waals surface area contributed by atoms with Gasteiger partial charge in [0.25, 0.3) is 10.0 Å². The first-order valence-corrected chi connectivity index (χ1v) is 7.51. The molecule has 0 fully saturated rings. The summed E-state index contributed by atoms with van der Waals surface area (Å²) in [4.78, 5) is 6.30. The van der Waals surface area contributed by atoms with Crippen LogP contribution >= 0.6 is 0 Å². The number of rotatable bonds is 3. The van der Waals surface area contributed by atoms with Gasteiger partial charge < -0.3 is 10.3 Å². The lowest BCUT2D eigenvalue weighted by atomic mass is 10.0. The first-order chi connectivity index (χ1) is 9.15. The maximum Gasteiger partial charge on any atom is 0.278 e. The standard InChI is InChI=1S/C12H14N4O2S/c17-19(18,12-7-13-8-15-12)16-10-4-3-9-2-1-5-14-11(9)6-10/h3-4,6-8,14,16H,1-2,5H2,(H,13,15). The number of nitrogens with one attached hydrogen (secondary N) is 3. The fourth-order valence-electron chi connectivity index (χ4n) is 2.12. The van der Waals surface area contributed by atoms with Gasteiger partial charge in [-0.15, -0.1) is 0 Å². The van der Waals surface area contributed by atoms with Crippen LogP contribution < -0.4 is 10.0 Å². The summed E-state index contributed by atoms with van der Waals surface area (Å²) in [5.74, 6) is 0. The third-order valence-electron chi connectivity index (χ3n) is 3.06. The molecule has 0 saturated heterocycles. The molecule has 3 rings (SSSR count). The van der Waals surface area contributed by atoms with Crippen LogP contribution in [0.4, 0.5) is 11.4 Å². The van der Waals surface area contributed by atoms with Crippen molar-refractivity contribution in [2.24, 2.45) is 0 Å². The van der Waals surface area contributed by atoms with Gasteiger partial charge in [-0.05, 0) is 30.5 Å². The van der Waals surface area contributed by atoms with E-state index >= 15 is 0 Å². The number of nitrogens with zero attached hydrogens (tertiary/aromatic N) is 1. The maximum absolute atomic E-state index is 12.0. The molecule has 1 aliphatic rings. The summed E-state index contributed by atoms with van der Waals surface area (Å²) in [5.41, 5.74) is 2.76. The summed E-state index contributed by atoms with van der Waals surface area (Å²) in [7, 11) is -3.59. The summed E-state index contributed by atoms with van der Waals surface area (Å²) < 4.78 is 26.6. The molecule has 0 aliphatic carbocycles. The number of aromatic nitrogens is 2. The van der Waals surface area contributed by atoms with Crippen molar-refractivity contribution in [2.45, 2.75) is 17.9 Å². The first kappa shape index (κ1) is 12.0. The average Bonchev–Trinajstić information content (AvgIpc) is 2.93. The molecule has 6 nitrogen and oxygen atoms in total. The van der Waals surface area contributed by atoms with Crippen LogP contribution in [-0.4, -0.2) is 24.9 Å². The van der Waals surface area contributed by atoms with Crippen molar-refractivity contribution < 1.29 is 8.42 Å². The lowest BCUT2D eigenvalue weighted by molar-refractivity contribution is 0.598. The molecule has 2 aromatic rings. The highest BCUT2D eigenvalue weighted by molar-refractivity contribution is 7.92. The number of aryl methyl sites for hydroxylation is 1. The summed E-state index contributed by atoms with van der Waals surface area (Å²) in [5, 5.41) is 3.32. The van der Waals surface area contributed by atoms with Crippen molar-refractivity contribution in [1.82, 2.24) is 9.97 Å². The Labute approximate surface area is 111 Å². The van der Waals surface area contributed by atoms with Crippen LogP contribution in [0.5, 0.6) is 0 Å². The number of hydrogen-bond donors (Lipinski definition) is 3. The van der Waals surface area contributed by atoms with Crippen LogP contribution in [-0.2, 0) is 16.4 Å². The predicted octanol–water partition coefficient (Wildman–Crippen LogP) is 1.57. The molecule has 0 saturated carbocycles. The normalized spacial score (nSPS) is 14.5. The van der Waals surface area contributed by atoms with Gasteiger partial charge >= 0.3 is 0 Å². The van der Waals surface area contributed by atoms with Gasteiger partial charge in [-0.3, -0.25) is 4.72 Å². The number of benzene rings is 1. The Morgan fingerprint density at radius 3 is 3.00 bits per heavy atom. The fourth-order valence-corrected chi connectivity index (χ4v) is 3.08. The number of anilines is 2. The Hall–Kier alpha value is -2.02. The zero-order valence-corrected chi connectivity index (χ0v) is 11.0. The van der Waals surface area contributed by atoms with Gasteiger partial charge in [0.15, 0.2) is 5.03 Å². The molecule has 0 atom stereocenters. The number of H-pyrrole nitrogens is 1. The Morgan fingerprint density at radius 2 is 2.21 bits per heavy atom. The lowest BCUT2D eigenvalue weighted by Gasteiger charge is -2.19. The van der Waals surface area contributed by atoms with Gasteiger partial charge in [-0.1, -0.05) is 6.07 Å². The van der Waals surface area contributed by atoms with E-state index in [0.29, 0.717) is 5.69 Å². The second-order valence-electron chi connectivity index (χ2n) is 4.42. The highest BCUT2D eigenvalue weighted by atomic mass is 32.2. The van der Waals surface area contributed by atoms with Gasteiger partial charge in [0.1, 0.15) is 0 Å². The van der Waals surface area contributed by atoms with Gasteiger partial charge in [0.2, 0.25) is 0 Å². The molecule has 1 aromatic heterocycles. The monoisotopic (exact) mass is 278 g/mol. The molecule has 19 heavy (non-hydrogen) atoms. The minimum absolute atomic E-state index is 0.0539. The molecule has 100 valence electrons. The highest BCUT2D eigenvalue weighted by Crippen LogP contribution is 2.26. The minimum Gasteiger partial charge on any atom is -0.385 e. The minimum atomic E-state index is -3.59. The number of aromatic amines is 1. The summed E-state index contributed by atoms with van der Waals surface area (Å²) in [6, 6.07) is 5.55. The van der Waals surface area contributed by atoms with Crippen LogP contribution in [0.1, 0.15) is 12.0 Å². The third kappa shape index (κ3) is 2.41. The molecule has 1 aromatic carbocycles. The van der Waals surface area contributed by atoms with Crippen LogP contribution in [0.25, 0.3) is 0 Å². The van der Waals surface area contributed by atoms with E-state index in [4.69, 9.17) is 0 Å². The Kier molecular flexibility index (Phi) is 2.90. The van der Waals surface area contributed by atoms with E-state index < -0.39 is 10.0 Å². The molecular formula is C12H14N4O2S. The van der Waals surface area contributed by atoms with E-state index in [9.17, 15) is 8.42 Å². The van der Waals surface area contributed by atoms with E-state index in [1.165, 1.54) is 18.1 Å². The van der Waals surface area contributed by atoms with Crippen molar-refractivity contribution in [1.29, 1.82) is 0 Å². The number of sulfonamides is 1. The van der Waals surface area contributed by atoms with Gasteiger partial charge in [-0.2, -0.15) is 8.42 Å². The van der Waals surface area contributed by atoms with Crippen LogP contribution in [0.3, 0.4) is 0 Å². The third-order valence-corrected chi connectivity index (χ3v) is 4.37. The smallest absolute Gasteiger partial charge is 0.278 e. The van der Waals surface area contributed by atoms with Crippen LogP contribution in [0.15, 0.2) is 35.7 Å². The predicted molar refractivity (Wildman–Crippen MR) is 72.6 cm³/mol. The number of fused-ring (bicyclic) bond motifs is 1. The molecule has 2 heterocycles. The summed E-state index contributed by atoms with van der Waals surface area (Å²) in [6.07, 6.45) is 4.74. The molecule has 3 N–H and O–H groups in total. The zero-order valence-electron chi connectivity index (χ0n) is 10.2. The lowest BCUT2D eigenvalue weighted by Crippen LogP contribution is -2.15. The molecular weight excluding hydrogens is 264 g/mol. The molecule has 0 bridgehead atoms. The first-order valence-electron chi connectivity index (χ1n) is 6.03. The summed E-state index contributed by atoms with van der Waals surface area (Å²) in [6.45, 7) is 0.920. The second kappa shape index (κ2) is 4.58. The van der Waals surface area contributed by atoms with E-state index in [-0.39, 0.29) is 5.03 Å². The van der Waals surface area contributed by atoms with Crippen LogP contribution in [0.2, 0.25) is 0 Å². The van der Waals surface area contributed by atoms with Crippen molar-refractivity contribution in [3.8, 4) is 0 Å². The molecule has 1 aliphatic heterocycles. The van der Waals surface area contributed by atoms with E-state index in [1.54, 1.807) is 6.07 Å². The molecule has 0 unspecified atom stereocenters. The van der Waals surface area contributed by atoms with Crippen molar-refractivity contribution >= 4 is 21.4 Å². The van der Waals surface area contributed by atoms with Crippen molar-refractivity contribution in [3.05, 3.63) is 36.3 Å². The highest BCUT2D eigenvalue weighted by Gasteiger charge is 2.16. The van der Waals surface area contributed by atoms with Gasteiger partial charge in [0, 0.05) is 12.2 Å². The fraction of sp³-hybridized carbons (Fsp3) is 0.250.